The van der Waals surface area contributed by atoms with Crippen LogP contribution in [0.4, 0.5) is 4.39 Å². The van der Waals surface area contributed by atoms with Gasteiger partial charge in [-0.25, -0.2) is 9.49 Å². The second kappa shape index (κ2) is 8.78. The van der Waals surface area contributed by atoms with Crippen LogP contribution in [0, 0.1) is 5.82 Å². The fourth-order valence-corrected chi connectivity index (χ4v) is 3.31. The Morgan fingerprint density at radius 3 is 2.54 bits per heavy atom. The largest absolute Gasteiger partial charge is 0.338 e. The first-order chi connectivity index (χ1) is 13.5. The first kappa shape index (κ1) is 19.7. The van der Waals surface area contributed by atoms with Crippen molar-refractivity contribution in [2.45, 2.75) is 39.2 Å². The van der Waals surface area contributed by atoms with Crippen LogP contribution in [0.1, 0.15) is 43.9 Å². The Morgan fingerprint density at radius 2 is 1.82 bits per heavy atom. The summed E-state index contributed by atoms with van der Waals surface area (Å²) in [6, 6.07) is 13.6. The predicted octanol–water partition coefficient (Wildman–Crippen LogP) is 3.99. The minimum Gasteiger partial charge on any atom is -0.338 e. The van der Waals surface area contributed by atoms with E-state index in [9.17, 15) is 14.0 Å². The monoisotopic (exact) mass is 381 g/mol. The van der Waals surface area contributed by atoms with Gasteiger partial charge in [0, 0.05) is 24.0 Å². The molecule has 1 atom stereocenters. The molecule has 3 rings (SSSR count). The van der Waals surface area contributed by atoms with Gasteiger partial charge in [-0.2, -0.15) is 5.10 Å². The number of hydrogen-bond acceptors (Lipinski definition) is 3. The van der Waals surface area contributed by atoms with E-state index in [-0.39, 0.29) is 23.8 Å². The summed E-state index contributed by atoms with van der Waals surface area (Å²) >= 11 is 0. The summed E-state index contributed by atoms with van der Waals surface area (Å²) in [6.45, 7) is 4.56. The number of carbonyl (C=O) groups is 1. The van der Waals surface area contributed by atoms with Crippen molar-refractivity contribution in [3.05, 3.63) is 76.0 Å². The number of fused-ring (bicyclic) bond motifs is 1. The van der Waals surface area contributed by atoms with Crippen LogP contribution in [0.2, 0.25) is 0 Å². The highest BCUT2D eigenvalue weighted by atomic mass is 19.1. The first-order valence-corrected chi connectivity index (χ1v) is 9.52. The van der Waals surface area contributed by atoms with Gasteiger partial charge in [0.1, 0.15) is 5.82 Å². The summed E-state index contributed by atoms with van der Waals surface area (Å²) in [4.78, 5) is 27.0. The standard InChI is InChI=1S/C22H24FN3O2/c1-3-4-13-26(14-16-9-5-8-12-19(16)23)22(28)15(2)20-17-10-6-7-11-18(17)21(27)25-24-20/h5-12,15H,3-4,13-14H2,1-2H3,(H,25,27). The van der Waals surface area contributed by atoms with Crippen molar-refractivity contribution in [1.29, 1.82) is 0 Å². The Bertz CT molecular complexity index is 1030. The van der Waals surface area contributed by atoms with Crippen molar-refractivity contribution in [1.82, 2.24) is 15.1 Å². The molecule has 0 fully saturated rings. The third-order valence-corrected chi connectivity index (χ3v) is 4.92. The summed E-state index contributed by atoms with van der Waals surface area (Å²) < 4.78 is 14.1. The molecule has 1 heterocycles. The van der Waals surface area contributed by atoms with Gasteiger partial charge in [0.2, 0.25) is 5.91 Å². The predicted molar refractivity (Wildman–Crippen MR) is 108 cm³/mol. The highest BCUT2D eigenvalue weighted by molar-refractivity contribution is 5.91. The Morgan fingerprint density at radius 1 is 1.14 bits per heavy atom. The number of aromatic nitrogens is 2. The molecule has 0 aliphatic carbocycles. The molecular formula is C22H24FN3O2. The highest BCUT2D eigenvalue weighted by Crippen LogP contribution is 2.24. The van der Waals surface area contributed by atoms with Gasteiger partial charge in [0.15, 0.2) is 0 Å². The number of benzene rings is 2. The van der Waals surface area contributed by atoms with Crippen LogP contribution in [0.15, 0.2) is 53.3 Å². The molecule has 1 N–H and O–H groups in total. The molecule has 5 nitrogen and oxygen atoms in total. The van der Waals surface area contributed by atoms with Crippen molar-refractivity contribution in [2.24, 2.45) is 0 Å². The molecule has 6 heteroatoms. The minimum atomic E-state index is -0.564. The van der Waals surface area contributed by atoms with E-state index in [1.807, 2.05) is 13.0 Å². The maximum Gasteiger partial charge on any atom is 0.272 e. The maximum atomic E-state index is 14.1. The van der Waals surface area contributed by atoms with Crippen molar-refractivity contribution in [2.75, 3.05) is 6.54 Å². The van der Waals surface area contributed by atoms with Crippen LogP contribution in [0.3, 0.4) is 0 Å². The molecule has 1 unspecified atom stereocenters. The number of nitrogens with one attached hydrogen (secondary N) is 1. The lowest BCUT2D eigenvalue weighted by atomic mass is 9.99. The number of hydrogen-bond donors (Lipinski definition) is 1. The molecule has 1 aromatic heterocycles. The minimum absolute atomic E-state index is 0.138. The Balaban J connectivity index is 1.93. The summed E-state index contributed by atoms with van der Waals surface area (Å²) in [5, 5.41) is 7.80. The van der Waals surface area contributed by atoms with Crippen molar-refractivity contribution in [3.63, 3.8) is 0 Å². The molecule has 0 saturated carbocycles. The van der Waals surface area contributed by atoms with E-state index in [1.54, 1.807) is 48.2 Å². The van der Waals surface area contributed by atoms with E-state index in [4.69, 9.17) is 0 Å². The second-order valence-corrected chi connectivity index (χ2v) is 6.91. The lowest BCUT2D eigenvalue weighted by Gasteiger charge is -2.26. The Kier molecular flexibility index (Phi) is 6.19. The number of rotatable bonds is 7. The van der Waals surface area contributed by atoms with Gasteiger partial charge in [-0.15, -0.1) is 0 Å². The van der Waals surface area contributed by atoms with Crippen molar-refractivity contribution < 1.29 is 9.18 Å². The zero-order chi connectivity index (χ0) is 20.1. The van der Waals surface area contributed by atoms with E-state index < -0.39 is 5.92 Å². The molecule has 0 saturated heterocycles. The van der Waals surface area contributed by atoms with Gasteiger partial charge in [0.25, 0.3) is 5.56 Å². The lowest BCUT2D eigenvalue weighted by molar-refractivity contribution is -0.133. The summed E-state index contributed by atoms with van der Waals surface area (Å²) in [5.74, 6) is -1.02. The molecule has 0 aliphatic rings. The molecule has 2 aromatic carbocycles. The smallest absolute Gasteiger partial charge is 0.272 e. The first-order valence-electron chi connectivity index (χ1n) is 9.52. The van der Waals surface area contributed by atoms with Gasteiger partial charge in [-0.1, -0.05) is 49.7 Å². The molecule has 0 radical (unpaired) electrons. The zero-order valence-electron chi connectivity index (χ0n) is 16.1. The number of nitrogens with zero attached hydrogens (tertiary/aromatic N) is 2. The quantitative estimate of drug-likeness (QED) is 0.673. The number of aromatic amines is 1. The van der Waals surface area contributed by atoms with E-state index in [2.05, 4.69) is 10.2 Å². The molecular weight excluding hydrogens is 357 g/mol. The Labute approximate surface area is 163 Å². The number of halogens is 1. The normalized spacial score (nSPS) is 12.1. The number of H-pyrrole nitrogens is 1. The molecule has 0 spiro atoms. The topological polar surface area (TPSA) is 66.1 Å². The van der Waals surface area contributed by atoms with Crippen molar-refractivity contribution in [3.8, 4) is 0 Å². The summed E-state index contributed by atoms with van der Waals surface area (Å²) in [7, 11) is 0. The van der Waals surface area contributed by atoms with Gasteiger partial charge < -0.3 is 4.90 Å². The van der Waals surface area contributed by atoms with Gasteiger partial charge in [-0.05, 0) is 25.5 Å². The number of unbranched alkanes of at least 4 members (excludes halogenated alkanes) is 1. The SMILES string of the molecule is CCCCN(Cc1ccccc1F)C(=O)C(C)c1n[nH]c(=O)c2ccccc12. The van der Waals surface area contributed by atoms with Gasteiger partial charge in [-0.3, -0.25) is 9.59 Å². The van der Waals surface area contributed by atoms with Gasteiger partial charge >= 0.3 is 0 Å². The molecule has 3 aromatic rings. The maximum absolute atomic E-state index is 14.1. The van der Waals surface area contributed by atoms with E-state index >= 15 is 0 Å². The summed E-state index contributed by atoms with van der Waals surface area (Å²) in [5.41, 5.74) is 0.724. The average Bonchev–Trinajstić information content (AvgIpc) is 2.72. The third-order valence-electron chi connectivity index (χ3n) is 4.92. The van der Waals surface area contributed by atoms with Crippen LogP contribution in [-0.2, 0) is 11.3 Å². The van der Waals surface area contributed by atoms with E-state index in [0.717, 1.165) is 12.8 Å². The van der Waals surface area contributed by atoms with Crippen LogP contribution < -0.4 is 5.56 Å². The van der Waals surface area contributed by atoms with Crippen LogP contribution >= 0.6 is 0 Å². The molecule has 0 bridgehead atoms. The third kappa shape index (κ3) is 4.11. The van der Waals surface area contributed by atoms with Crippen LogP contribution in [-0.4, -0.2) is 27.5 Å². The zero-order valence-corrected chi connectivity index (χ0v) is 16.1. The molecule has 28 heavy (non-hydrogen) atoms. The summed E-state index contributed by atoms with van der Waals surface area (Å²) in [6.07, 6.45) is 1.75. The average molecular weight is 381 g/mol. The van der Waals surface area contributed by atoms with Crippen LogP contribution in [0.25, 0.3) is 10.8 Å². The van der Waals surface area contributed by atoms with E-state index in [0.29, 0.717) is 28.6 Å². The molecule has 146 valence electrons. The lowest BCUT2D eigenvalue weighted by Crippen LogP contribution is -2.35. The highest BCUT2D eigenvalue weighted by Gasteiger charge is 2.25. The molecule has 1 amide bonds. The number of amides is 1. The fourth-order valence-electron chi connectivity index (χ4n) is 3.31. The molecule has 0 aliphatic heterocycles. The van der Waals surface area contributed by atoms with E-state index in [1.165, 1.54) is 6.07 Å². The number of carbonyl (C=O) groups excluding carboxylic acids is 1. The van der Waals surface area contributed by atoms with Crippen LogP contribution in [0.5, 0.6) is 0 Å². The van der Waals surface area contributed by atoms with Crippen molar-refractivity contribution >= 4 is 16.7 Å². The fraction of sp³-hybridized carbons (Fsp3) is 0.318. The van der Waals surface area contributed by atoms with Gasteiger partial charge in [0.05, 0.1) is 17.0 Å². The Hall–Kier alpha value is -3.02. The second-order valence-electron chi connectivity index (χ2n) is 6.91.